The van der Waals surface area contributed by atoms with Crippen LogP contribution in [0.15, 0.2) is 0 Å². The van der Waals surface area contributed by atoms with Crippen molar-refractivity contribution >= 4 is 11.6 Å². The summed E-state index contributed by atoms with van der Waals surface area (Å²) in [5.41, 5.74) is 1.99. The number of rotatable bonds is 3. The van der Waals surface area contributed by atoms with Crippen LogP contribution in [0.2, 0.25) is 5.02 Å². The summed E-state index contributed by atoms with van der Waals surface area (Å²) < 4.78 is 1.85. The number of aliphatic hydroxyl groups is 1. The highest BCUT2D eigenvalue weighted by Crippen LogP contribution is 2.41. The standard InChI is InChI=1S/C12H19ClN2O/c1-9-11(13)10(15(2)14-9)7-12(8-16)5-3-4-6-12/h16H,3-8H2,1-2H3. The molecule has 0 radical (unpaired) electrons. The van der Waals surface area contributed by atoms with Gasteiger partial charge < -0.3 is 5.11 Å². The van der Waals surface area contributed by atoms with E-state index in [4.69, 9.17) is 11.6 Å². The number of aromatic nitrogens is 2. The van der Waals surface area contributed by atoms with E-state index < -0.39 is 0 Å². The molecular weight excluding hydrogens is 224 g/mol. The summed E-state index contributed by atoms with van der Waals surface area (Å²) in [4.78, 5) is 0. The monoisotopic (exact) mass is 242 g/mol. The first kappa shape index (κ1) is 11.9. The molecule has 1 aliphatic rings. The smallest absolute Gasteiger partial charge is 0.0847 e. The van der Waals surface area contributed by atoms with E-state index in [-0.39, 0.29) is 12.0 Å². The maximum Gasteiger partial charge on any atom is 0.0847 e. The Morgan fingerprint density at radius 2 is 2.06 bits per heavy atom. The summed E-state index contributed by atoms with van der Waals surface area (Å²) in [5.74, 6) is 0. The van der Waals surface area contributed by atoms with E-state index >= 15 is 0 Å². The lowest BCUT2D eigenvalue weighted by Crippen LogP contribution is -2.25. The molecule has 2 rings (SSSR count). The van der Waals surface area contributed by atoms with Gasteiger partial charge in [0.05, 0.1) is 16.4 Å². The van der Waals surface area contributed by atoms with Gasteiger partial charge in [-0.2, -0.15) is 5.10 Å². The van der Waals surface area contributed by atoms with Crippen molar-refractivity contribution in [2.24, 2.45) is 12.5 Å². The molecular formula is C12H19ClN2O. The van der Waals surface area contributed by atoms with E-state index in [1.165, 1.54) is 12.8 Å². The maximum atomic E-state index is 9.59. The number of nitrogens with zero attached hydrogens (tertiary/aromatic N) is 2. The van der Waals surface area contributed by atoms with Gasteiger partial charge in [0.2, 0.25) is 0 Å². The lowest BCUT2D eigenvalue weighted by atomic mass is 9.82. The molecule has 1 aliphatic carbocycles. The Hall–Kier alpha value is -0.540. The SMILES string of the molecule is Cc1nn(C)c(CC2(CO)CCCC2)c1Cl. The molecule has 1 saturated carbocycles. The Morgan fingerprint density at radius 1 is 1.44 bits per heavy atom. The van der Waals surface area contributed by atoms with Crippen molar-refractivity contribution in [2.75, 3.05) is 6.61 Å². The van der Waals surface area contributed by atoms with E-state index in [1.54, 1.807) is 0 Å². The Labute approximate surface area is 101 Å². The third-order valence-corrected chi connectivity index (χ3v) is 4.30. The van der Waals surface area contributed by atoms with Gasteiger partial charge in [0.25, 0.3) is 0 Å². The molecule has 3 nitrogen and oxygen atoms in total. The summed E-state index contributed by atoms with van der Waals surface area (Å²) in [7, 11) is 1.92. The van der Waals surface area contributed by atoms with Gasteiger partial charge in [-0.1, -0.05) is 24.4 Å². The minimum Gasteiger partial charge on any atom is -0.396 e. The summed E-state index contributed by atoms with van der Waals surface area (Å²) in [6, 6.07) is 0. The van der Waals surface area contributed by atoms with Crippen LogP contribution >= 0.6 is 11.6 Å². The zero-order chi connectivity index (χ0) is 11.8. The fraction of sp³-hybridized carbons (Fsp3) is 0.750. The molecule has 1 aromatic rings. The number of hydrogen-bond donors (Lipinski definition) is 1. The third kappa shape index (κ3) is 1.98. The van der Waals surface area contributed by atoms with Crippen molar-refractivity contribution in [2.45, 2.75) is 39.0 Å². The van der Waals surface area contributed by atoms with Crippen LogP contribution in [0, 0.1) is 12.3 Å². The molecule has 16 heavy (non-hydrogen) atoms. The van der Waals surface area contributed by atoms with E-state index in [9.17, 15) is 5.11 Å². The van der Waals surface area contributed by atoms with Gasteiger partial charge >= 0.3 is 0 Å². The molecule has 1 fully saturated rings. The Kier molecular flexibility index (Phi) is 3.27. The first-order valence-corrected chi connectivity index (χ1v) is 6.25. The fourth-order valence-corrected chi connectivity index (χ4v) is 2.97. The molecule has 0 aromatic carbocycles. The zero-order valence-corrected chi connectivity index (χ0v) is 10.7. The van der Waals surface area contributed by atoms with E-state index in [2.05, 4.69) is 5.10 Å². The maximum absolute atomic E-state index is 9.59. The van der Waals surface area contributed by atoms with Crippen LogP contribution in [0.25, 0.3) is 0 Å². The average Bonchev–Trinajstić information content (AvgIpc) is 2.81. The molecule has 4 heteroatoms. The molecule has 0 amide bonds. The van der Waals surface area contributed by atoms with Crippen LogP contribution in [0.1, 0.15) is 37.1 Å². The van der Waals surface area contributed by atoms with Crippen LogP contribution in [0.3, 0.4) is 0 Å². The minimum atomic E-state index is 0.0455. The van der Waals surface area contributed by atoms with Crippen LogP contribution in [-0.4, -0.2) is 21.5 Å². The van der Waals surface area contributed by atoms with Gasteiger partial charge in [0.15, 0.2) is 0 Å². The molecule has 1 aromatic heterocycles. The van der Waals surface area contributed by atoms with Crippen LogP contribution < -0.4 is 0 Å². The van der Waals surface area contributed by atoms with E-state index in [0.29, 0.717) is 0 Å². The Balaban J connectivity index is 2.25. The normalized spacial score (nSPS) is 19.2. The van der Waals surface area contributed by atoms with Crippen molar-refractivity contribution in [3.63, 3.8) is 0 Å². The van der Waals surface area contributed by atoms with Gasteiger partial charge in [-0.3, -0.25) is 4.68 Å². The van der Waals surface area contributed by atoms with Gasteiger partial charge in [0.1, 0.15) is 0 Å². The van der Waals surface area contributed by atoms with Gasteiger partial charge in [0, 0.05) is 13.7 Å². The van der Waals surface area contributed by atoms with Crippen LogP contribution in [-0.2, 0) is 13.5 Å². The average molecular weight is 243 g/mol. The molecule has 0 atom stereocenters. The molecule has 1 heterocycles. The molecule has 0 saturated heterocycles. The van der Waals surface area contributed by atoms with Crippen molar-refractivity contribution in [3.8, 4) is 0 Å². The molecule has 1 N–H and O–H groups in total. The highest BCUT2D eigenvalue weighted by molar-refractivity contribution is 6.31. The highest BCUT2D eigenvalue weighted by atomic mass is 35.5. The molecule has 0 bridgehead atoms. The van der Waals surface area contributed by atoms with E-state index in [0.717, 1.165) is 35.7 Å². The van der Waals surface area contributed by atoms with Gasteiger partial charge in [-0.15, -0.1) is 0 Å². The highest BCUT2D eigenvalue weighted by Gasteiger charge is 2.35. The lowest BCUT2D eigenvalue weighted by Gasteiger charge is -2.26. The summed E-state index contributed by atoms with van der Waals surface area (Å²) >= 11 is 6.25. The van der Waals surface area contributed by atoms with Crippen LogP contribution in [0.4, 0.5) is 0 Å². The third-order valence-electron chi connectivity index (χ3n) is 3.80. The predicted molar refractivity (Wildman–Crippen MR) is 64.6 cm³/mol. The Bertz CT molecular complexity index is 381. The first-order chi connectivity index (χ1) is 7.58. The van der Waals surface area contributed by atoms with Crippen LogP contribution in [0.5, 0.6) is 0 Å². The van der Waals surface area contributed by atoms with Gasteiger partial charge in [-0.25, -0.2) is 0 Å². The van der Waals surface area contributed by atoms with E-state index in [1.807, 2.05) is 18.7 Å². The van der Waals surface area contributed by atoms with Crippen molar-refractivity contribution in [3.05, 3.63) is 16.4 Å². The second-order valence-electron chi connectivity index (χ2n) is 5.01. The molecule has 0 unspecified atom stereocenters. The van der Waals surface area contributed by atoms with Crippen molar-refractivity contribution in [1.29, 1.82) is 0 Å². The minimum absolute atomic E-state index is 0.0455. The number of aryl methyl sites for hydroxylation is 2. The molecule has 0 aliphatic heterocycles. The first-order valence-electron chi connectivity index (χ1n) is 5.87. The second kappa shape index (κ2) is 4.38. The lowest BCUT2D eigenvalue weighted by molar-refractivity contribution is 0.128. The number of aliphatic hydroxyl groups excluding tert-OH is 1. The zero-order valence-electron chi connectivity index (χ0n) is 9.96. The quantitative estimate of drug-likeness (QED) is 0.885. The molecule has 90 valence electrons. The topological polar surface area (TPSA) is 38.0 Å². The van der Waals surface area contributed by atoms with Crippen molar-refractivity contribution in [1.82, 2.24) is 9.78 Å². The molecule has 0 spiro atoms. The summed E-state index contributed by atoms with van der Waals surface area (Å²) in [6.07, 6.45) is 5.48. The summed E-state index contributed by atoms with van der Waals surface area (Å²) in [6.45, 7) is 2.18. The number of hydrogen-bond acceptors (Lipinski definition) is 2. The Morgan fingerprint density at radius 3 is 2.50 bits per heavy atom. The van der Waals surface area contributed by atoms with Crippen molar-refractivity contribution < 1.29 is 5.11 Å². The number of halogens is 1. The fourth-order valence-electron chi connectivity index (χ4n) is 2.74. The second-order valence-corrected chi connectivity index (χ2v) is 5.39. The summed E-state index contributed by atoms with van der Waals surface area (Å²) in [5, 5.41) is 14.7. The largest absolute Gasteiger partial charge is 0.396 e. The predicted octanol–water partition coefficient (Wildman–Crippen LogP) is 2.48. The van der Waals surface area contributed by atoms with Gasteiger partial charge in [-0.05, 0) is 31.6 Å².